The van der Waals surface area contributed by atoms with Crippen LogP contribution < -0.4 is 0 Å². The molecule has 0 atom stereocenters. The minimum Gasteiger partial charge on any atom is -0.465 e. The maximum absolute atomic E-state index is 12.7. The molecular formula is C25H23BrN2O2S. The predicted octanol–water partition coefficient (Wildman–Crippen LogP) is 6.65. The second-order valence-corrected chi connectivity index (χ2v) is 9.72. The van der Waals surface area contributed by atoms with Gasteiger partial charge in [-0.2, -0.15) is 5.26 Å². The van der Waals surface area contributed by atoms with Crippen LogP contribution in [0.15, 0.2) is 34.8 Å². The van der Waals surface area contributed by atoms with Crippen LogP contribution in [0.1, 0.15) is 56.2 Å². The lowest BCUT2D eigenvalue weighted by Gasteiger charge is -2.12. The van der Waals surface area contributed by atoms with E-state index in [0.717, 1.165) is 63.2 Å². The van der Waals surface area contributed by atoms with Gasteiger partial charge in [0, 0.05) is 20.7 Å². The van der Waals surface area contributed by atoms with Gasteiger partial charge in [0.15, 0.2) is 0 Å². The molecule has 0 amide bonds. The van der Waals surface area contributed by atoms with Gasteiger partial charge in [-0.3, -0.25) is 0 Å². The van der Waals surface area contributed by atoms with Gasteiger partial charge in [-0.1, -0.05) is 28.1 Å². The summed E-state index contributed by atoms with van der Waals surface area (Å²) >= 11 is 5.13. The Morgan fingerprint density at radius 1 is 1.23 bits per heavy atom. The summed E-state index contributed by atoms with van der Waals surface area (Å²) in [5.41, 5.74) is 6.33. The number of allylic oxidation sites excluding steroid dienone is 1. The summed E-state index contributed by atoms with van der Waals surface area (Å²) in [6.07, 6.45) is 6.11. The van der Waals surface area contributed by atoms with Crippen LogP contribution in [-0.4, -0.2) is 17.6 Å². The van der Waals surface area contributed by atoms with Crippen molar-refractivity contribution in [1.29, 1.82) is 5.26 Å². The number of fused-ring (bicyclic) bond motifs is 1. The minimum absolute atomic E-state index is 0.272. The Bertz CT molecular complexity index is 1230. The highest BCUT2D eigenvalue weighted by atomic mass is 79.9. The Balaban J connectivity index is 1.85. The number of benzene rings is 1. The number of nitriles is 1. The Kier molecular flexibility index (Phi) is 6.17. The van der Waals surface area contributed by atoms with Crippen LogP contribution in [0.5, 0.6) is 0 Å². The van der Waals surface area contributed by atoms with Crippen molar-refractivity contribution in [3.8, 4) is 11.1 Å². The van der Waals surface area contributed by atoms with Crippen LogP contribution in [-0.2, 0) is 17.6 Å². The first-order valence-electron chi connectivity index (χ1n) is 10.2. The molecule has 1 aliphatic carbocycles. The minimum atomic E-state index is -0.272. The van der Waals surface area contributed by atoms with Gasteiger partial charge >= 0.3 is 5.97 Å². The number of rotatable bonds is 4. The Hall–Kier alpha value is -2.62. The van der Waals surface area contributed by atoms with Crippen molar-refractivity contribution in [3.05, 3.63) is 73.3 Å². The molecule has 0 bridgehead atoms. The highest BCUT2D eigenvalue weighted by molar-refractivity contribution is 9.10. The molecule has 2 heterocycles. The highest BCUT2D eigenvalue weighted by Crippen LogP contribution is 2.39. The third kappa shape index (κ3) is 4.00. The van der Waals surface area contributed by atoms with Gasteiger partial charge in [0.2, 0.25) is 0 Å². The van der Waals surface area contributed by atoms with E-state index >= 15 is 0 Å². The van der Waals surface area contributed by atoms with Crippen molar-refractivity contribution in [1.82, 2.24) is 4.57 Å². The number of halogens is 1. The molecule has 4 rings (SSSR count). The summed E-state index contributed by atoms with van der Waals surface area (Å²) in [5.74, 6) is -0.272. The van der Waals surface area contributed by atoms with Crippen molar-refractivity contribution < 1.29 is 9.53 Å². The standard InChI is InChI=1S/C25H23BrN2O2S/c1-15-12-18(13-19(14-27)17-8-10-20(26)11-9-17)16(2)28(15)24-23(25(29)30-3)21-6-4-5-7-22(21)31-24/h8-13H,4-7H2,1-3H3/b19-13-. The molecule has 0 fully saturated rings. The Morgan fingerprint density at radius 2 is 1.94 bits per heavy atom. The molecule has 0 N–H and O–H groups in total. The highest BCUT2D eigenvalue weighted by Gasteiger charge is 2.28. The smallest absolute Gasteiger partial charge is 0.341 e. The zero-order valence-electron chi connectivity index (χ0n) is 17.8. The predicted molar refractivity (Wildman–Crippen MR) is 129 cm³/mol. The van der Waals surface area contributed by atoms with Crippen molar-refractivity contribution >= 4 is 44.9 Å². The molecule has 0 radical (unpaired) electrons. The van der Waals surface area contributed by atoms with Gasteiger partial charge < -0.3 is 9.30 Å². The van der Waals surface area contributed by atoms with E-state index < -0.39 is 0 Å². The molecule has 3 aromatic rings. The second kappa shape index (κ2) is 8.86. The maximum atomic E-state index is 12.7. The van der Waals surface area contributed by atoms with E-state index in [4.69, 9.17) is 4.74 Å². The molecule has 2 aromatic heterocycles. The molecule has 4 nitrogen and oxygen atoms in total. The molecular weight excluding hydrogens is 472 g/mol. The number of methoxy groups -OCH3 is 1. The van der Waals surface area contributed by atoms with Gasteiger partial charge in [0.05, 0.1) is 24.3 Å². The molecule has 0 spiro atoms. The van der Waals surface area contributed by atoms with Crippen LogP contribution in [0.2, 0.25) is 0 Å². The van der Waals surface area contributed by atoms with E-state index in [1.165, 1.54) is 12.0 Å². The van der Waals surface area contributed by atoms with E-state index in [1.807, 2.05) is 44.2 Å². The third-order valence-electron chi connectivity index (χ3n) is 5.79. The maximum Gasteiger partial charge on any atom is 0.341 e. The molecule has 0 aliphatic heterocycles. The fourth-order valence-electron chi connectivity index (χ4n) is 4.23. The zero-order valence-corrected chi connectivity index (χ0v) is 20.2. The molecule has 0 saturated heterocycles. The molecule has 1 aromatic carbocycles. The first-order valence-corrected chi connectivity index (χ1v) is 11.9. The van der Waals surface area contributed by atoms with Crippen LogP contribution in [0.25, 0.3) is 16.7 Å². The van der Waals surface area contributed by atoms with Crippen LogP contribution in [0.3, 0.4) is 0 Å². The summed E-state index contributed by atoms with van der Waals surface area (Å²) < 4.78 is 8.27. The molecule has 6 heteroatoms. The second-order valence-electron chi connectivity index (χ2n) is 7.72. The van der Waals surface area contributed by atoms with Crippen LogP contribution in [0, 0.1) is 25.2 Å². The lowest BCUT2D eigenvalue weighted by molar-refractivity contribution is 0.0600. The molecule has 31 heavy (non-hydrogen) atoms. The number of esters is 1. The average molecular weight is 495 g/mol. The van der Waals surface area contributed by atoms with Crippen molar-refractivity contribution in [2.75, 3.05) is 7.11 Å². The largest absolute Gasteiger partial charge is 0.465 e. The average Bonchev–Trinajstić information content (AvgIpc) is 3.28. The van der Waals surface area contributed by atoms with Crippen molar-refractivity contribution in [2.24, 2.45) is 0 Å². The number of thiophene rings is 1. The Labute approximate surface area is 194 Å². The zero-order chi connectivity index (χ0) is 22.1. The topological polar surface area (TPSA) is 55.0 Å². The number of hydrogen-bond donors (Lipinski definition) is 0. The van der Waals surface area contributed by atoms with Crippen LogP contribution >= 0.6 is 27.3 Å². The molecule has 1 aliphatic rings. The SMILES string of the molecule is COC(=O)c1c(-n2c(C)cc(/C=C(/C#N)c3ccc(Br)cc3)c2C)sc2c1CCCC2. The Morgan fingerprint density at radius 3 is 2.61 bits per heavy atom. The third-order valence-corrected chi connectivity index (χ3v) is 7.60. The monoisotopic (exact) mass is 494 g/mol. The summed E-state index contributed by atoms with van der Waals surface area (Å²) in [7, 11) is 1.44. The first kappa shape index (κ1) is 21.6. The molecule has 0 unspecified atom stereocenters. The number of carbonyl (C=O) groups excluding carboxylic acids is 1. The fourth-order valence-corrected chi connectivity index (χ4v) is 5.99. The van der Waals surface area contributed by atoms with Gasteiger partial charge in [0.1, 0.15) is 5.00 Å². The van der Waals surface area contributed by atoms with Gasteiger partial charge in [-0.05, 0) is 80.5 Å². The quantitative estimate of drug-likeness (QED) is 0.301. The number of carbonyl (C=O) groups is 1. The van der Waals surface area contributed by atoms with E-state index in [9.17, 15) is 10.1 Å². The normalized spacial score (nSPS) is 13.6. The summed E-state index contributed by atoms with van der Waals surface area (Å²) in [4.78, 5) is 14.0. The summed E-state index contributed by atoms with van der Waals surface area (Å²) in [6.45, 7) is 4.07. The number of hydrogen-bond acceptors (Lipinski definition) is 4. The van der Waals surface area contributed by atoms with E-state index in [2.05, 4.69) is 32.6 Å². The summed E-state index contributed by atoms with van der Waals surface area (Å²) in [5, 5.41) is 10.7. The molecule has 158 valence electrons. The number of ether oxygens (including phenoxy) is 1. The summed E-state index contributed by atoms with van der Waals surface area (Å²) in [6, 6.07) is 12.1. The van der Waals surface area contributed by atoms with E-state index in [-0.39, 0.29) is 5.97 Å². The number of nitrogens with zero attached hydrogens (tertiary/aromatic N) is 2. The lowest BCUT2D eigenvalue weighted by atomic mass is 9.95. The van der Waals surface area contributed by atoms with Gasteiger partial charge in [-0.25, -0.2) is 4.79 Å². The van der Waals surface area contributed by atoms with Gasteiger partial charge in [-0.15, -0.1) is 11.3 Å². The number of aromatic nitrogens is 1. The van der Waals surface area contributed by atoms with Crippen molar-refractivity contribution in [3.63, 3.8) is 0 Å². The van der Waals surface area contributed by atoms with Crippen molar-refractivity contribution in [2.45, 2.75) is 39.5 Å². The van der Waals surface area contributed by atoms with E-state index in [0.29, 0.717) is 11.1 Å². The lowest BCUT2D eigenvalue weighted by Crippen LogP contribution is -2.11. The van der Waals surface area contributed by atoms with Crippen LogP contribution in [0.4, 0.5) is 0 Å². The first-order chi connectivity index (χ1) is 14.9. The number of aryl methyl sites for hydroxylation is 2. The van der Waals surface area contributed by atoms with Gasteiger partial charge in [0.25, 0.3) is 0 Å². The van der Waals surface area contributed by atoms with E-state index in [1.54, 1.807) is 11.3 Å². The molecule has 0 saturated carbocycles. The fraction of sp³-hybridized carbons (Fsp3) is 0.280.